The minimum atomic E-state index is 0.728. The van der Waals surface area contributed by atoms with E-state index in [1.165, 1.54) is 30.3 Å². The standard InChI is InChI=1S/C28H45N4O2S2/c1-29(17-18-31(3)27-12-14-28(34-6)15-13-27)19-22-35-36-23-21-32(4,5)20-7-16-30(2)26-10-8-25(24-33)9-11-26/h8-15,24H,7,16-23H2,1-6H3/q+1/p+1. The molecule has 0 radical (unpaired) electrons. The lowest BCUT2D eigenvalue weighted by atomic mass is 10.2. The van der Waals surface area contributed by atoms with Crippen molar-refractivity contribution in [3.05, 3.63) is 54.1 Å². The summed E-state index contributed by atoms with van der Waals surface area (Å²) in [5, 5.41) is 0. The molecule has 0 spiro atoms. The number of ether oxygens (including phenoxy) is 1. The summed E-state index contributed by atoms with van der Waals surface area (Å²) in [6, 6.07) is 16.1. The predicted molar refractivity (Wildman–Crippen MR) is 159 cm³/mol. The van der Waals surface area contributed by atoms with Gasteiger partial charge in [-0.1, -0.05) is 21.6 Å². The Kier molecular flexibility index (Phi) is 13.6. The van der Waals surface area contributed by atoms with Gasteiger partial charge in [-0.05, 0) is 48.5 Å². The van der Waals surface area contributed by atoms with Crippen LogP contribution in [-0.2, 0) is 0 Å². The number of nitrogens with one attached hydrogen (secondary N) is 1. The third-order valence-corrected chi connectivity index (χ3v) is 8.98. The monoisotopic (exact) mass is 534 g/mol. The van der Waals surface area contributed by atoms with Gasteiger partial charge in [-0.25, -0.2) is 0 Å². The number of rotatable bonds is 18. The van der Waals surface area contributed by atoms with Crippen molar-refractivity contribution in [3.63, 3.8) is 0 Å². The van der Waals surface area contributed by atoms with E-state index in [1.54, 1.807) is 12.0 Å². The first-order chi connectivity index (χ1) is 17.2. The first kappa shape index (κ1) is 30.4. The van der Waals surface area contributed by atoms with Crippen LogP contribution in [0.25, 0.3) is 0 Å². The van der Waals surface area contributed by atoms with E-state index < -0.39 is 0 Å². The van der Waals surface area contributed by atoms with Crippen LogP contribution in [0.1, 0.15) is 16.8 Å². The summed E-state index contributed by atoms with van der Waals surface area (Å²) >= 11 is 0. The van der Waals surface area contributed by atoms with Crippen LogP contribution < -0.4 is 19.4 Å². The van der Waals surface area contributed by atoms with Gasteiger partial charge in [-0.15, -0.1) is 0 Å². The molecule has 1 atom stereocenters. The van der Waals surface area contributed by atoms with Crippen LogP contribution in [0, 0.1) is 0 Å². The fraction of sp³-hybridized carbons (Fsp3) is 0.536. The van der Waals surface area contributed by atoms with Crippen molar-refractivity contribution >= 4 is 39.2 Å². The zero-order valence-electron chi connectivity index (χ0n) is 23.0. The van der Waals surface area contributed by atoms with E-state index >= 15 is 0 Å². The number of hydrogen-bond donors (Lipinski definition) is 1. The molecule has 0 aliphatic heterocycles. The molecule has 0 heterocycles. The molecule has 0 aliphatic rings. The molecule has 2 rings (SSSR count). The zero-order chi connectivity index (χ0) is 26.4. The van der Waals surface area contributed by atoms with E-state index in [1.807, 2.05) is 58.0 Å². The molecule has 6 nitrogen and oxygen atoms in total. The highest BCUT2D eigenvalue weighted by Crippen LogP contribution is 2.21. The summed E-state index contributed by atoms with van der Waals surface area (Å²) in [5.74, 6) is 3.27. The highest BCUT2D eigenvalue weighted by atomic mass is 33.1. The van der Waals surface area contributed by atoms with Gasteiger partial charge in [0.05, 0.1) is 72.5 Å². The summed E-state index contributed by atoms with van der Waals surface area (Å²) in [6.45, 7) is 6.73. The number of aldehydes is 1. The normalized spacial score (nSPS) is 12.3. The van der Waals surface area contributed by atoms with Crippen molar-refractivity contribution in [1.29, 1.82) is 0 Å². The van der Waals surface area contributed by atoms with Gasteiger partial charge in [-0.2, -0.15) is 0 Å². The summed E-state index contributed by atoms with van der Waals surface area (Å²) in [4.78, 5) is 17.0. The molecule has 0 aromatic heterocycles. The average molecular weight is 535 g/mol. The van der Waals surface area contributed by atoms with Crippen molar-refractivity contribution in [3.8, 4) is 5.75 Å². The molecule has 0 amide bonds. The second-order valence-corrected chi connectivity index (χ2v) is 12.8. The van der Waals surface area contributed by atoms with E-state index in [0.29, 0.717) is 0 Å². The number of benzene rings is 2. The lowest BCUT2D eigenvalue weighted by Crippen LogP contribution is -3.10. The van der Waals surface area contributed by atoms with E-state index in [0.717, 1.165) is 60.4 Å². The molecule has 0 bridgehead atoms. The SMILES string of the molecule is COc1ccc(N(C)CC[NH+](C)CCSSCC[N+](C)(C)CCCN(C)c2ccc(C=O)cc2)cc1. The molecular formula is C28H46N4O2S2+2. The molecule has 0 aliphatic carbocycles. The van der Waals surface area contributed by atoms with Crippen LogP contribution in [-0.4, -0.2) is 104 Å². The van der Waals surface area contributed by atoms with Gasteiger partial charge >= 0.3 is 0 Å². The number of likely N-dealkylation sites (N-methyl/N-ethyl adjacent to an activating group) is 2. The Balaban J connectivity index is 1.52. The molecule has 36 heavy (non-hydrogen) atoms. The highest BCUT2D eigenvalue weighted by molar-refractivity contribution is 8.76. The largest absolute Gasteiger partial charge is 0.497 e. The van der Waals surface area contributed by atoms with Gasteiger partial charge in [-0.3, -0.25) is 4.79 Å². The Labute approximate surface area is 226 Å². The van der Waals surface area contributed by atoms with Gasteiger partial charge < -0.3 is 23.9 Å². The fourth-order valence-corrected chi connectivity index (χ4v) is 6.27. The maximum absolute atomic E-state index is 10.8. The number of carbonyl (C=O) groups excluding carboxylic acids is 1. The Morgan fingerprint density at radius 3 is 2.06 bits per heavy atom. The van der Waals surface area contributed by atoms with E-state index in [9.17, 15) is 4.79 Å². The summed E-state index contributed by atoms with van der Waals surface area (Å²) in [5.41, 5.74) is 3.12. The second-order valence-electron chi connectivity index (χ2n) is 10.1. The molecule has 0 saturated heterocycles. The zero-order valence-corrected chi connectivity index (χ0v) is 24.7. The van der Waals surface area contributed by atoms with Gasteiger partial charge in [0.2, 0.25) is 0 Å². The topological polar surface area (TPSA) is 37.2 Å². The summed E-state index contributed by atoms with van der Waals surface area (Å²) < 4.78 is 6.30. The average Bonchev–Trinajstić information content (AvgIpc) is 2.89. The lowest BCUT2D eigenvalue weighted by molar-refractivity contribution is -0.887. The smallest absolute Gasteiger partial charge is 0.150 e. The van der Waals surface area contributed by atoms with Crippen LogP contribution in [0.3, 0.4) is 0 Å². The molecule has 8 heteroatoms. The van der Waals surface area contributed by atoms with Crippen molar-refractivity contribution in [1.82, 2.24) is 0 Å². The van der Waals surface area contributed by atoms with Gasteiger partial charge in [0.1, 0.15) is 12.0 Å². The molecular weight excluding hydrogens is 488 g/mol. The molecule has 2 aromatic rings. The van der Waals surface area contributed by atoms with Crippen LogP contribution in [0.4, 0.5) is 11.4 Å². The highest BCUT2D eigenvalue weighted by Gasteiger charge is 2.15. The predicted octanol–water partition coefficient (Wildman–Crippen LogP) is 3.44. The van der Waals surface area contributed by atoms with Gasteiger partial charge in [0.15, 0.2) is 0 Å². The lowest BCUT2D eigenvalue weighted by Gasteiger charge is -2.30. The van der Waals surface area contributed by atoms with Crippen molar-refractivity contribution in [2.75, 3.05) is 103 Å². The third kappa shape index (κ3) is 11.5. The Morgan fingerprint density at radius 1 is 0.861 bits per heavy atom. The first-order valence-electron chi connectivity index (χ1n) is 12.7. The maximum atomic E-state index is 10.8. The molecule has 1 unspecified atom stereocenters. The molecule has 0 saturated carbocycles. The minimum absolute atomic E-state index is 0.728. The first-order valence-corrected chi connectivity index (χ1v) is 15.2. The van der Waals surface area contributed by atoms with E-state index in [4.69, 9.17) is 4.74 Å². The van der Waals surface area contributed by atoms with Crippen molar-refractivity contribution < 1.29 is 18.9 Å². The van der Waals surface area contributed by atoms with E-state index in [-0.39, 0.29) is 0 Å². The van der Waals surface area contributed by atoms with E-state index in [2.05, 4.69) is 57.2 Å². The molecule has 1 N–H and O–H groups in total. The maximum Gasteiger partial charge on any atom is 0.150 e. The van der Waals surface area contributed by atoms with Crippen LogP contribution >= 0.6 is 21.6 Å². The van der Waals surface area contributed by atoms with Crippen molar-refractivity contribution in [2.24, 2.45) is 0 Å². The van der Waals surface area contributed by atoms with Crippen molar-refractivity contribution in [2.45, 2.75) is 6.42 Å². The summed E-state index contributed by atoms with van der Waals surface area (Å²) in [6.07, 6.45) is 2.04. The number of anilines is 2. The van der Waals surface area contributed by atoms with Gasteiger partial charge in [0.25, 0.3) is 0 Å². The van der Waals surface area contributed by atoms with Crippen LogP contribution in [0.2, 0.25) is 0 Å². The number of methoxy groups -OCH3 is 1. The number of quaternary nitrogens is 2. The third-order valence-electron chi connectivity index (χ3n) is 6.59. The van der Waals surface area contributed by atoms with Gasteiger partial charge in [0, 0.05) is 44.0 Å². The molecule has 200 valence electrons. The number of carbonyl (C=O) groups is 1. The number of nitrogens with zero attached hydrogens (tertiary/aromatic N) is 3. The Morgan fingerprint density at radius 2 is 1.44 bits per heavy atom. The fourth-order valence-electron chi connectivity index (χ4n) is 3.85. The van der Waals surface area contributed by atoms with Crippen LogP contribution in [0.5, 0.6) is 5.75 Å². The summed E-state index contributed by atoms with van der Waals surface area (Å²) in [7, 11) is 17.0. The van der Waals surface area contributed by atoms with Crippen LogP contribution in [0.15, 0.2) is 48.5 Å². The Bertz CT molecular complexity index is 878. The molecule has 0 fully saturated rings. The minimum Gasteiger partial charge on any atom is -0.497 e. The quantitative estimate of drug-likeness (QED) is 0.137. The second kappa shape index (κ2) is 16.1. The Hall–Kier alpha value is -1.87. The molecule has 2 aromatic carbocycles. The number of hydrogen-bond acceptors (Lipinski definition) is 6.